The van der Waals surface area contributed by atoms with E-state index in [2.05, 4.69) is 25.8 Å². The van der Waals surface area contributed by atoms with Crippen LogP contribution in [-0.4, -0.2) is 35.2 Å². The van der Waals surface area contributed by atoms with Gasteiger partial charge in [-0.1, -0.05) is 28.6 Å². The zero-order chi connectivity index (χ0) is 13.9. The van der Waals surface area contributed by atoms with Gasteiger partial charge in [0.15, 0.2) is 0 Å². The maximum atomic E-state index is 5.86. The fraction of sp³-hybridized carbons (Fsp3) is 0.182. The lowest BCUT2D eigenvalue weighted by atomic mass is 10.3. The molecule has 0 atom stereocenters. The molecule has 102 valence electrons. The summed E-state index contributed by atoms with van der Waals surface area (Å²) < 4.78 is 3.33. The molecule has 0 aliphatic carbocycles. The maximum Gasteiger partial charge on any atom is 0.209 e. The largest absolute Gasteiger partial charge is 0.224 e. The van der Waals surface area contributed by atoms with Crippen LogP contribution in [0.4, 0.5) is 0 Å². The molecule has 0 aliphatic heterocycles. The van der Waals surface area contributed by atoms with Gasteiger partial charge in [-0.05, 0) is 34.7 Å². The van der Waals surface area contributed by atoms with E-state index in [9.17, 15) is 0 Å². The highest BCUT2D eigenvalue weighted by molar-refractivity contribution is 7.98. The standard InChI is InChI=1S/C11H10ClN7S/c1-18-11(14-15-17-18)20-7-9-6-19(16-13-9)10-4-2-8(12)3-5-10/h2-6H,7H2,1H3. The van der Waals surface area contributed by atoms with Crippen LogP contribution in [0, 0.1) is 0 Å². The number of nitrogens with zero attached hydrogens (tertiary/aromatic N) is 7. The van der Waals surface area contributed by atoms with E-state index in [4.69, 9.17) is 11.6 Å². The average molecular weight is 308 g/mol. The van der Waals surface area contributed by atoms with Crippen molar-refractivity contribution in [3.63, 3.8) is 0 Å². The minimum absolute atomic E-state index is 0.655. The number of aryl methyl sites for hydroxylation is 1. The summed E-state index contributed by atoms with van der Waals surface area (Å²) in [6, 6.07) is 7.41. The third-order valence-corrected chi connectivity index (χ3v) is 3.86. The van der Waals surface area contributed by atoms with Crippen molar-refractivity contribution in [1.29, 1.82) is 0 Å². The monoisotopic (exact) mass is 307 g/mol. The molecule has 0 aliphatic rings. The molecule has 0 radical (unpaired) electrons. The van der Waals surface area contributed by atoms with Gasteiger partial charge in [-0.15, -0.1) is 10.2 Å². The van der Waals surface area contributed by atoms with Crippen LogP contribution < -0.4 is 0 Å². The minimum Gasteiger partial charge on any atom is -0.224 e. The lowest BCUT2D eigenvalue weighted by molar-refractivity contribution is 0.664. The molecule has 3 aromatic rings. The second-order valence-corrected chi connectivity index (χ2v) is 5.38. The van der Waals surface area contributed by atoms with Gasteiger partial charge < -0.3 is 0 Å². The van der Waals surface area contributed by atoms with Crippen molar-refractivity contribution in [2.75, 3.05) is 0 Å². The Labute approximate surface area is 123 Å². The molecular formula is C11H10ClN7S. The molecule has 9 heteroatoms. The fourth-order valence-corrected chi connectivity index (χ4v) is 2.42. The molecule has 3 rings (SSSR count). The number of tetrazole rings is 1. The van der Waals surface area contributed by atoms with Crippen molar-refractivity contribution < 1.29 is 0 Å². The highest BCUT2D eigenvalue weighted by Crippen LogP contribution is 2.18. The van der Waals surface area contributed by atoms with Crippen LogP contribution in [0.25, 0.3) is 5.69 Å². The van der Waals surface area contributed by atoms with Crippen LogP contribution in [0.15, 0.2) is 35.6 Å². The Morgan fingerprint density at radius 2 is 1.95 bits per heavy atom. The Bertz CT molecular complexity index is 706. The molecule has 7 nitrogen and oxygen atoms in total. The summed E-state index contributed by atoms with van der Waals surface area (Å²) in [6.07, 6.45) is 1.88. The van der Waals surface area contributed by atoms with Crippen LogP contribution in [0.5, 0.6) is 0 Å². The van der Waals surface area contributed by atoms with Crippen molar-refractivity contribution in [2.45, 2.75) is 10.9 Å². The van der Waals surface area contributed by atoms with Gasteiger partial charge in [0.25, 0.3) is 0 Å². The lowest BCUT2D eigenvalue weighted by Gasteiger charge is -1.98. The van der Waals surface area contributed by atoms with Gasteiger partial charge in [0.2, 0.25) is 5.16 Å². The van der Waals surface area contributed by atoms with Crippen LogP contribution in [0.2, 0.25) is 5.02 Å². The molecule has 0 saturated carbocycles. The van der Waals surface area contributed by atoms with Crippen molar-refractivity contribution in [1.82, 2.24) is 35.2 Å². The summed E-state index contributed by atoms with van der Waals surface area (Å²) in [7, 11) is 1.80. The Hall–Kier alpha value is -1.93. The van der Waals surface area contributed by atoms with Gasteiger partial charge in [-0.25, -0.2) is 9.36 Å². The number of hydrogen-bond acceptors (Lipinski definition) is 6. The first kappa shape index (κ1) is 13.1. The van der Waals surface area contributed by atoms with E-state index in [1.807, 2.05) is 30.5 Å². The first-order chi connectivity index (χ1) is 9.72. The normalized spacial score (nSPS) is 10.9. The van der Waals surface area contributed by atoms with Crippen LogP contribution in [-0.2, 0) is 12.8 Å². The van der Waals surface area contributed by atoms with E-state index in [1.54, 1.807) is 16.4 Å². The summed E-state index contributed by atoms with van der Waals surface area (Å²) in [4.78, 5) is 0. The zero-order valence-corrected chi connectivity index (χ0v) is 12.1. The van der Waals surface area contributed by atoms with Gasteiger partial charge in [-0.2, -0.15) is 0 Å². The Morgan fingerprint density at radius 3 is 2.65 bits per heavy atom. The molecule has 0 unspecified atom stereocenters. The molecule has 0 fully saturated rings. The fourth-order valence-electron chi connectivity index (χ4n) is 1.57. The molecule has 2 heterocycles. The van der Waals surface area contributed by atoms with Crippen LogP contribution >= 0.6 is 23.4 Å². The third kappa shape index (κ3) is 2.81. The first-order valence-corrected chi connectivity index (χ1v) is 7.11. The molecule has 2 aromatic heterocycles. The highest BCUT2D eigenvalue weighted by Gasteiger charge is 2.07. The molecule has 1 aromatic carbocycles. The summed E-state index contributed by atoms with van der Waals surface area (Å²) >= 11 is 7.36. The number of halogens is 1. The van der Waals surface area contributed by atoms with E-state index < -0.39 is 0 Å². The number of benzene rings is 1. The Morgan fingerprint density at radius 1 is 1.15 bits per heavy atom. The molecule has 0 spiro atoms. The molecule has 0 N–H and O–H groups in total. The van der Waals surface area contributed by atoms with Crippen molar-refractivity contribution in [3.8, 4) is 5.69 Å². The van der Waals surface area contributed by atoms with E-state index in [1.165, 1.54) is 11.8 Å². The van der Waals surface area contributed by atoms with Crippen LogP contribution in [0.3, 0.4) is 0 Å². The smallest absolute Gasteiger partial charge is 0.209 e. The number of aromatic nitrogens is 7. The minimum atomic E-state index is 0.655. The van der Waals surface area contributed by atoms with E-state index in [0.717, 1.165) is 16.5 Å². The van der Waals surface area contributed by atoms with Gasteiger partial charge in [0.05, 0.1) is 17.6 Å². The van der Waals surface area contributed by atoms with E-state index >= 15 is 0 Å². The second-order valence-electron chi connectivity index (χ2n) is 4.00. The van der Waals surface area contributed by atoms with Crippen molar-refractivity contribution in [3.05, 3.63) is 41.2 Å². The molecule has 20 heavy (non-hydrogen) atoms. The number of hydrogen-bond donors (Lipinski definition) is 0. The van der Waals surface area contributed by atoms with E-state index in [0.29, 0.717) is 10.8 Å². The van der Waals surface area contributed by atoms with Gasteiger partial charge in [-0.3, -0.25) is 0 Å². The van der Waals surface area contributed by atoms with Crippen LogP contribution in [0.1, 0.15) is 5.69 Å². The maximum absolute atomic E-state index is 5.86. The van der Waals surface area contributed by atoms with Gasteiger partial charge >= 0.3 is 0 Å². The summed E-state index contributed by atoms with van der Waals surface area (Å²) in [5, 5.41) is 20.9. The molecule has 0 saturated heterocycles. The second kappa shape index (κ2) is 5.59. The third-order valence-electron chi connectivity index (χ3n) is 2.56. The Balaban J connectivity index is 1.71. The topological polar surface area (TPSA) is 74.3 Å². The lowest BCUT2D eigenvalue weighted by Crippen LogP contribution is -1.94. The van der Waals surface area contributed by atoms with E-state index in [-0.39, 0.29) is 0 Å². The predicted octanol–water partition coefficient (Wildman–Crippen LogP) is 1.74. The van der Waals surface area contributed by atoms with Crippen molar-refractivity contribution >= 4 is 23.4 Å². The molecule has 0 amide bonds. The molecule has 0 bridgehead atoms. The SMILES string of the molecule is Cn1nnnc1SCc1cn(-c2ccc(Cl)cc2)nn1. The highest BCUT2D eigenvalue weighted by atomic mass is 35.5. The van der Waals surface area contributed by atoms with Gasteiger partial charge in [0, 0.05) is 17.8 Å². The summed E-state index contributed by atoms with van der Waals surface area (Å²) in [5.41, 5.74) is 1.77. The zero-order valence-electron chi connectivity index (χ0n) is 10.5. The predicted molar refractivity (Wildman–Crippen MR) is 74.7 cm³/mol. The average Bonchev–Trinajstić information content (AvgIpc) is 3.06. The summed E-state index contributed by atoms with van der Waals surface area (Å²) in [6.45, 7) is 0. The number of thioether (sulfide) groups is 1. The van der Waals surface area contributed by atoms with Gasteiger partial charge in [0.1, 0.15) is 0 Å². The Kier molecular flexibility index (Phi) is 3.66. The quantitative estimate of drug-likeness (QED) is 0.683. The molecular weight excluding hydrogens is 298 g/mol. The first-order valence-electron chi connectivity index (χ1n) is 5.75. The van der Waals surface area contributed by atoms with Crippen molar-refractivity contribution in [2.24, 2.45) is 7.05 Å². The summed E-state index contributed by atoms with van der Waals surface area (Å²) in [5.74, 6) is 0.655. The number of rotatable bonds is 4.